The van der Waals surface area contributed by atoms with E-state index >= 15 is 0 Å². The van der Waals surface area contributed by atoms with Gasteiger partial charge in [-0.2, -0.15) is 9.90 Å². The molecule has 1 rings (SSSR count). The van der Waals surface area contributed by atoms with Crippen LogP contribution in [-0.2, 0) is 13.6 Å². The lowest BCUT2D eigenvalue weighted by atomic mass is 10.3. The maximum atomic E-state index is 10.3. The van der Waals surface area contributed by atoms with Crippen LogP contribution >= 0.6 is 18.2 Å². The van der Waals surface area contributed by atoms with Crippen LogP contribution in [0, 0.1) is 0 Å². The molecule has 0 bridgehead atoms. The van der Waals surface area contributed by atoms with E-state index in [0.717, 1.165) is 0 Å². The van der Waals surface area contributed by atoms with Crippen molar-refractivity contribution < 1.29 is 18.7 Å². The van der Waals surface area contributed by atoms with Crippen LogP contribution in [0.1, 0.15) is 13.8 Å². The lowest BCUT2D eigenvalue weighted by molar-refractivity contribution is 0.243. The Morgan fingerprint density at radius 1 is 1.12 bits per heavy atom. The average molecular weight is 265 g/mol. The molecule has 0 spiro atoms. The normalized spacial score (nSPS) is 8.38. The molecule has 0 aliphatic carbocycles. The van der Waals surface area contributed by atoms with E-state index in [1.54, 1.807) is 38.1 Å². The van der Waals surface area contributed by atoms with E-state index in [4.69, 9.17) is 5.11 Å². The molecule has 4 nitrogen and oxygen atoms in total. The Morgan fingerprint density at radius 2 is 1.56 bits per heavy atom. The summed E-state index contributed by atoms with van der Waals surface area (Å²) in [5.74, 6) is 0.322. The third-order valence-electron chi connectivity index (χ3n) is 1.23. The summed E-state index contributed by atoms with van der Waals surface area (Å²) < 4.78 is 19.5. The van der Waals surface area contributed by atoms with Crippen LogP contribution in [0.3, 0.4) is 0 Å². The summed E-state index contributed by atoms with van der Waals surface area (Å²) >= 11 is 0. The molecule has 0 aromatic heterocycles. The highest BCUT2D eigenvalue weighted by atomic mass is 31.1. The van der Waals surface area contributed by atoms with Crippen LogP contribution in [0.25, 0.3) is 0 Å². The number of para-hydroxylation sites is 1. The molecule has 1 aromatic rings. The Morgan fingerprint density at radius 3 is 1.81 bits per heavy atom. The Bertz CT molecular complexity index is 259. The van der Waals surface area contributed by atoms with Gasteiger partial charge in [-0.3, -0.25) is 0 Å². The Hall–Kier alpha value is -0.530. The van der Waals surface area contributed by atoms with Gasteiger partial charge in [-0.15, -0.1) is 9.05 Å². The third-order valence-corrected chi connectivity index (χ3v) is 2.16. The molecular formula is C10H19O4P2+. The number of hydrogen-bond acceptors (Lipinski definition) is 4. The van der Waals surface area contributed by atoms with Gasteiger partial charge in [0.2, 0.25) is 0 Å². The van der Waals surface area contributed by atoms with Gasteiger partial charge in [0.05, 0.1) is 0 Å². The summed E-state index contributed by atoms with van der Waals surface area (Å²) in [5, 5.41) is 8.63. The fourth-order valence-corrected chi connectivity index (χ4v) is 1.17. The van der Waals surface area contributed by atoms with E-state index in [2.05, 4.69) is 9.05 Å². The summed E-state index contributed by atoms with van der Waals surface area (Å²) in [6.45, 7) is 4.42. The number of aromatic hydroxyl groups is 1. The minimum absolute atomic E-state index is 0. The first-order valence-electron chi connectivity index (χ1n) is 4.67. The SMILES string of the molecule is CCO[P+](=O)OCC.Oc1ccccc1.P. The van der Waals surface area contributed by atoms with Crippen molar-refractivity contribution in [3.8, 4) is 5.75 Å². The van der Waals surface area contributed by atoms with E-state index in [0.29, 0.717) is 19.0 Å². The van der Waals surface area contributed by atoms with Crippen LogP contribution in [0.15, 0.2) is 30.3 Å². The predicted molar refractivity (Wildman–Crippen MR) is 70.1 cm³/mol. The van der Waals surface area contributed by atoms with Crippen molar-refractivity contribution in [3.63, 3.8) is 0 Å². The second kappa shape index (κ2) is 12.5. The van der Waals surface area contributed by atoms with E-state index in [1.807, 2.05) is 6.07 Å². The van der Waals surface area contributed by atoms with Crippen LogP contribution in [-0.4, -0.2) is 18.3 Å². The van der Waals surface area contributed by atoms with Gasteiger partial charge in [-0.05, 0) is 26.0 Å². The zero-order valence-electron chi connectivity index (χ0n) is 9.63. The highest BCUT2D eigenvalue weighted by Crippen LogP contribution is 2.21. The standard InChI is InChI=1S/C6H6O.C4H10O3P.H3P/c7-6-4-2-1-3-5-6;1-3-6-8(5)7-4-2;/h1-5,7H;3-4H2,1-2H3;1H3/q;+1;. The predicted octanol–water partition coefficient (Wildman–Crippen LogP) is 3.17. The molecule has 1 aromatic carbocycles. The molecule has 0 saturated heterocycles. The molecule has 1 N–H and O–H groups in total. The molecule has 1 atom stereocenters. The van der Waals surface area contributed by atoms with Crippen LogP contribution < -0.4 is 0 Å². The summed E-state index contributed by atoms with van der Waals surface area (Å²) in [4.78, 5) is 0. The number of rotatable bonds is 4. The molecule has 0 saturated carbocycles. The highest BCUT2D eigenvalue weighted by molar-refractivity contribution is 7.33. The molecule has 0 radical (unpaired) electrons. The second-order valence-corrected chi connectivity index (χ2v) is 3.36. The van der Waals surface area contributed by atoms with Crippen molar-refractivity contribution in [2.45, 2.75) is 13.8 Å². The van der Waals surface area contributed by atoms with Crippen molar-refractivity contribution in [1.82, 2.24) is 0 Å². The van der Waals surface area contributed by atoms with Crippen molar-refractivity contribution in [3.05, 3.63) is 30.3 Å². The number of benzene rings is 1. The van der Waals surface area contributed by atoms with Gasteiger partial charge in [-0.1, -0.05) is 18.2 Å². The molecule has 6 heteroatoms. The van der Waals surface area contributed by atoms with E-state index < -0.39 is 8.25 Å². The number of phenols is 1. The zero-order chi connectivity index (χ0) is 11.5. The van der Waals surface area contributed by atoms with E-state index in [-0.39, 0.29) is 9.90 Å². The Labute approximate surface area is 101 Å². The molecule has 0 aliphatic rings. The minimum atomic E-state index is -1.83. The molecule has 0 heterocycles. The molecule has 92 valence electrons. The van der Waals surface area contributed by atoms with Crippen molar-refractivity contribution >= 4 is 18.2 Å². The fourth-order valence-electron chi connectivity index (χ4n) is 0.676. The maximum absolute atomic E-state index is 10.3. The topological polar surface area (TPSA) is 55.8 Å². The zero-order valence-corrected chi connectivity index (χ0v) is 11.9. The van der Waals surface area contributed by atoms with Gasteiger partial charge in [0, 0.05) is 4.57 Å². The molecule has 1 unspecified atom stereocenters. The number of hydrogen-bond donors (Lipinski definition) is 1. The minimum Gasteiger partial charge on any atom is -0.508 e. The van der Waals surface area contributed by atoms with E-state index in [1.165, 1.54) is 0 Å². The maximum Gasteiger partial charge on any atom is 0.697 e. The summed E-state index contributed by atoms with van der Waals surface area (Å²) in [7, 11) is -1.83. The Kier molecular flexibility index (Phi) is 14.0. The molecule has 0 amide bonds. The van der Waals surface area contributed by atoms with Crippen LogP contribution in [0.5, 0.6) is 5.75 Å². The first-order chi connectivity index (χ1) is 7.20. The van der Waals surface area contributed by atoms with Crippen LogP contribution in [0.4, 0.5) is 0 Å². The lowest BCUT2D eigenvalue weighted by Gasteiger charge is -1.82. The van der Waals surface area contributed by atoms with Gasteiger partial charge in [-0.25, -0.2) is 0 Å². The van der Waals surface area contributed by atoms with Crippen molar-refractivity contribution in [2.75, 3.05) is 13.2 Å². The van der Waals surface area contributed by atoms with Gasteiger partial charge >= 0.3 is 8.25 Å². The third kappa shape index (κ3) is 11.5. The van der Waals surface area contributed by atoms with Gasteiger partial charge in [0.1, 0.15) is 19.0 Å². The van der Waals surface area contributed by atoms with E-state index in [9.17, 15) is 4.57 Å². The van der Waals surface area contributed by atoms with Crippen LogP contribution in [0.2, 0.25) is 0 Å². The molecular weight excluding hydrogens is 246 g/mol. The van der Waals surface area contributed by atoms with Gasteiger partial charge < -0.3 is 5.11 Å². The quantitative estimate of drug-likeness (QED) is 0.849. The summed E-state index contributed by atoms with van der Waals surface area (Å²) in [5.41, 5.74) is 0. The highest BCUT2D eigenvalue weighted by Gasteiger charge is 2.15. The lowest BCUT2D eigenvalue weighted by Crippen LogP contribution is -1.81. The molecule has 16 heavy (non-hydrogen) atoms. The number of phenolic OH excluding ortho intramolecular Hbond substituents is 1. The first-order valence-corrected chi connectivity index (χ1v) is 5.77. The van der Waals surface area contributed by atoms with Crippen molar-refractivity contribution in [2.24, 2.45) is 0 Å². The van der Waals surface area contributed by atoms with Gasteiger partial charge in [0.25, 0.3) is 0 Å². The fraction of sp³-hybridized carbons (Fsp3) is 0.400. The second-order valence-electron chi connectivity index (χ2n) is 2.39. The smallest absolute Gasteiger partial charge is 0.508 e. The summed E-state index contributed by atoms with van der Waals surface area (Å²) in [6, 6.07) is 8.71. The largest absolute Gasteiger partial charge is 0.697 e. The summed E-state index contributed by atoms with van der Waals surface area (Å²) in [6.07, 6.45) is 0. The Balaban J connectivity index is 0. The molecule has 0 aliphatic heterocycles. The monoisotopic (exact) mass is 265 g/mol. The average Bonchev–Trinajstić information content (AvgIpc) is 2.20. The molecule has 0 fully saturated rings. The van der Waals surface area contributed by atoms with Gasteiger partial charge in [0.15, 0.2) is 0 Å². The van der Waals surface area contributed by atoms with Crippen molar-refractivity contribution in [1.29, 1.82) is 0 Å². The first kappa shape index (κ1) is 17.9.